The van der Waals surface area contributed by atoms with Gasteiger partial charge >= 0.3 is 5.97 Å². The van der Waals surface area contributed by atoms with Crippen molar-refractivity contribution in [3.05, 3.63) is 99.7 Å². The fraction of sp³-hybridized carbons (Fsp3) is 0.154. The smallest absolute Gasteiger partial charge is 0.363 e. The molecule has 4 rings (SSSR count). The Morgan fingerprint density at radius 2 is 1.75 bits per heavy atom. The number of aryl methyl sites for hydroxylation is 1. The second-order valence-electron chi connectivity index (χ2n) is 7.25. The molecule has 0 atom stereocenters. The Labute approximate surface area is 191 Å². The predicted octanol–water partition coefficient (Wildman–Crippen LogP) is 5.97. The van der Waals surface area contributed by atoms with Crippen molar-refractivity contribution >= 4 is 29.5 Å². The first kappa shape index (κ1) is 21.7. The fourth-order valence-corrected chi connectivity index (χ4v) is 3.25. The number of hydrogen-bond donors (Lipinski definition) is 0. The number of carbonyl (C=O) groups excluding carboxylic acids is 1. The molecule has 3 aromatic carbocycles. The van der Waals surface area contributed by atoms with Crippen molar-refractivity contribution in [3.63, 3.8) is 0 Å². The van der Waals surface area contributed by atoms with Crippen molar-refractivity contribution < 1.29 is 19.0 Å². The summed E-state index contributed by atoms with van der Waals surface area (Å²) in [6.45, 7) is 4.77. The number of cyclic esters (lactones) is 1. The Bertz CT molecular complexity index is 1180. The maximum atomic E-state index is 12.4. The number of carbonyl (C=O) groups is 1. The summed E-state index contributed by atoms with van der Waals surface area (Å²) in [5.74, 6) is 1.05. The van der Waals surface area contributed by atoms with Gasteiger partial charge in [0.2, 0.25) is 5.90 Å². The molecule has 0 saturated carbocycles. The summed E-state index contributed by atoms with van der Waals surface area (Å²) >= 11 is 5.93. The molecule has 0 aromatic heterocycles. The zero-order valence-corrected chi connectivity index (χ0v) is 18.6. The molecule has 0 spiro atoms. The van der Waals surface area contributed by atoms with Crippen LogP contribution in [0.15, 0.2) is 77.4 Å². The summed E-state index contributed by atoms with van der Waals surface area (Å²) < 4.78 is 17.0. The molecular weight excluding hydrogens is 426 g/mol. The van der Waals surface area contributed by atoms with Gasteiger partial charge in [0.15, 0.2) is 5.70 Å². The summed E-state index contributed by atoms with van der Waals surface area (Å²) in [6.07, 6.45) is 1.66. The summed E-state index contributed by atoms with van der Waals surface area (Å²) in [6, 6.07) is 20.6. The molecule has 162 valence electrons. The summed E-state index contributed by atoms with van der Waals surface area (Å²) in [4.78, 5) is 16.7. The molecular formula is C26H22ClNO4. The number of nitrogens with zero attached hydrogens (tertiary/aromatic N) is 1. The molecule has 0 aliphatic carbocycles. The average molecular weight is 448 g/mol. The molecule has 0 saturated heterocycles. The first-order valence-electron chi connectivity index (χ1n) is 10.3. The van der Waals surface area contributed by atoms with Crippen molar-refractivity contribution in [2.75, 3.05) is 6.61 Å². The zero-order chi connectivity index (χ0) is 22.5. The standard InChI is InChI=1S/C26H22ClNO4/c1-3-30-24-15-22(31-16-18-6-11-21(27)12-7-18)13-10-20(24)14-23-26(29)32-25(28-23)19-8-4-17(2)5-9-19/h4-15H,3,16H2,1-2H3/b23-14-. The van der Waals surface area contributed by atoms with Crippen LogP contribution in [0.5, 0.6) is 11.5 Å². The minimum Gasteiger partial charge on any atom is -0.493 e. The van der Waals surface area contributed by atoms with Crippen LogP contribution in [-0.2, 0) is 16.1 Å². The fourth-order valence-electron chi connectivity index (χ4n) is 3.13. The molecule has 3 aromatic rings. The van der Waals surface area contributed by atoms with Crippen LogP contribution in [0.3, 0.4) is 0 Å². The molecule has 32 heavy (non-hydrogen) atoms. The quantitative estimate of drug-likeness (QED) is 0.330. The number of aliphatic imine (C=N–C) groups is 1. The maximum Gasteiger partial charge on any atom is 0.363 e. The minimum atomic E-state index is -0.494. The summed E-state index contributed by atoms with van der Waals surface area (Å²) in [5.41, 5.74) is 3.81. The van der Waals surface area contributed by atoms with E-state index < -0.39 is 5.97 Å². The van der Waals surface area contributed by atoms with Gasteiger partial charge in [-0.2, -0.15) is 0 Å². The van der Waals surface area contributed by atoms with Crippen LogP contribution >= 0.6 is 11.6 Å². The Morgan fingerprint density at radius 1 is 1.00 bits per heavy atom. The molecule has 0 amide bonds. The molecule has 0 N–H and O–H groups in total. The van der Waals surface area contributed by atoms with Crippen molar-refractivity contribution in [3.8, 4) is 11.5 Å². The van der Waals surface area contributed by atoms with Crippen LogP contribution < -0.4 is 9.47 Å². The van der Waals surface area contributed by atoms with Crippen LogP contribution in [0.2, 0.25) is 5.02 Å². The third kappa shape index (κ3) is 5.18. The highest BCUT2D eigenvalue weighted by Crippen LogP contribution is 2.29. The maximum absolute atomic E-state index is 12.4. The van der Waals surface area contributed by atoms with Crippen molar-refractivity contribution in [1.82, 2.24) is 0 Å². The monoisotopic (exact) mass is 447 g/mol. The Hall–Kier alpha value is -3.57. The van der Waals surface area contributed by atoms with E-state index in [-0.39, 0.29) is 5.70 Å². The van der Waals surface area contributed by atoms with Gasteiger partial charge in [-0.15, -0.1) is 0 Å². The van der Waals surface area contributed by atoms with E-state index in [0.717, 1.165) is 16.7 Å². The SMILES string of the molecule is CCOc1cc(OCc2ccc(Cl)cc2)ccc1/C=C1\N=C(c2ccc(C)cc2)OC1=O. The van der Waals surface area contributed by atoms with Gasteiger partial charge in [-0.1, -0.05) is 41.4 Å². The van der Waals surface area contributed by atoms with Crippen LogP contribution in [0.4, 0.5) is 0 Å². The van der Waals surface area contributed by atoms with Crippen LogP contribution in [0.25, 0.3) is 6.08 Å². The topological polar surface area (TPSA) is 57.1 Å². The molecule has 0 fully saturated rings. The summed E-state index contributed by atoms with van der Waals surface area (Å²) in [7, 11) is 0. The highest BCUT2D eigenvalue weighted by atomic mass is 35.5. The summed E-state index contributed by atoms with van der Waals surface area (Å²) in [5, 5.41) is 0.684. The first-order chi connectivity index (χ1) is 15.5. The third-order valence-electron chi connectivity index (χ3n) is 4.81. The molecule has 5 nitrogen and oxygen atoms in total. The lowest BCUT2D eigenvalue weighted by Gasteiger charge is -2.11. The van der Waals surface area contributed by atoms with Gasteiger partial charge < -0.3 is 14.2 Å². The van der Waals surface area contributed by atoms with Crippen LogP contribution in [0, 0.1) is 6.92 Å². The molecule has 0 bridgehead atoms. The number of hydrogen-bond acceptors (Lipinski definition) is 5. The Kier molecular flexibility index (Phi) is 6.57. The van der Waals surface area contributed by atoms with Gasteiger partial charge in [-0.3, -0.25) is 0 Å². The minimum absolute atomic E-state index is 0.219. The molecule has 1 aliphatic rings. The van der Waals surface area contributed by atoms with E-state index >= 15 is 0 Å². The first-order valence-corrected chi connectivity index (χ1v) is 10.6. The third-order valence-corrected chi connectivity index (χ3v) is 5.07. The van der Waals surface area contributed by atoms with Crippen molar-refractivity contribution in [2.45, 2.75) is 20.5 Å². The second-order valence-corrected chi connectivity index (χ2v) is 7.69. The Morgan fingerprint density at radius 3 is 2.47 bits per heavy atom. The van der Waals surface area contributed by atoms with Gasteiger partial charge in [-0.25, -0.2) is 9.79 Å². The average Bonchev–Trinajstić information content (AvgIpc) is 3.15. The van der Waals surface area contributed by atoms with Crippen molar-refractivity contribution in [1.29, 1.82) is 0 Å². The van der Waals surface area contributed by atoms with Gasteiger partial charge in [0.05, 0.1) is 6.61 Å². The van der Waals surface area contributed by atoms with E-state index in [9.17, 15) is 4.79 Å². The zero-order valence-electron chi connectivity index (χ0n) is 17.8. The molecule has 1 heterocycles. The molecule has 0 radical (unpaired) electrons. The van der Waals surface area contributed by atoms with E-state index in [2.05, 4.69) is 4.99 Å². The predicted molar refractivity (Wildman–Crippen MR) is 125 cm³/mol. The molecule has 1 aliphatic heterocycles. The van der Waals surface area contributed by atoms with E-state index in [1.54, 1.807) is 12.1 Å². The number of ether oxygens (including phenoxy) is 3. The Balaban J connectivity index is 1.55. The van der Waals surface area contributed by atoms with E-state index in [4.69, 9.17) is 25.8 Å². The van der Waals surface area contributed by atoms with E-state index in [1.807, 2.05) is 74.5 Å². The van der Waals surface area contributed by atoms with Crippen molar-refractivity contribution in [2.24, 2.45) is 4.99 Å². The van der Waals surface area contributed by atoms with E-state index in [1.165, 1.54) is 0 Å². The van der Waals surface area contributed by atoms with Gasteiger partial charge in [0, 0.05) is 22.2 Å². The largest absolute Gasteiger partial charge is 0.493 e. The van der Waals surface area contributed by atoms with Gasteiger partial charge in [-0.05, 0) is 61.9 Å². The number of rotatable bonds is 7. The lowest BCUT2D eigenvalue weighted by atomic mass is 10.1. The highest BCUT2D eigenvalue weighted by Gasteiger charge is 2.24. The normalized spacial score (nSPS) is 14.3. The van der Waals surface area contributed by atoms with E-state index in [0.29, 0.717) is 41.2 Å². The van der Waals surface area contributed by atoms with Crippen LogP contribution in [0.1, 0.15) is 29.2 Å². The second kappa shape index (κ2) is 9.71. The molecule has 0 unspecified atom stereocenters. The van der Waals surface area contributed by atoms with Crippen LogP contribution in [-0.4, -0.2) is 18.5 Å². The number of benzene rings is 3. The highest BCUT2D eigenvalue weighted by molar-refractivity contribution is 6.30. The van der Waals surface area contributed by atoms with Gasteiger partial charge in [0.25, 0.3) is 0 Å². The number of halogens is 1. The number of esters is 1. The van der Waals surface area contributed by atoms with Gasteiger partial charge in [0.1, 0.15) is 18.1 Å². The lowest BCUT2D eigenvalue weighted by Crippen LogP contribution is -2.05. The molecule has 6 heteroatoms. The lowest BCUT2D eigenvalue weighted by molar-refractivity contribution is -0.129.